The number of rotatable bonds is 33. The average Bonchev–Trinajstić information content (AvgIpc) is 3.01. The summed E-state index contributed by atoms with van der Waals surface area (Å²) in [6.07, 6.45) is 35.0. The van der Waals surface area contributed by atoms with Crippen molar-refractivity contribution in [3.05, 3.63) is 36.5 Å². The Balaban J connectivity index is 4.36. The van der Waals surface area contributed by atoms with Crippen molar-refractivity contribution >= 4 is 13.7 Å². The van der Waals surface area contributed by atoms with E-state index in [1.54, 1.807) is 6.08 Å². The molecule has 0 aromatic rings. The van der Waals surface area contributed by atoms with E-state index in [2.05, 4.69) is 43.5 Å². The van der Waals surface area contributed by atoms with Crippen molar-refractivity contribution in [1.82, 2.24) is 5.32 Å². The summed E-state index contributed by atoms with van der Waals surface area (Å²) >= 11 is 0. The number of phosphoric acid groups is 1. The molecule has 0 aliphatic rings. The van der Waals surface area contributed by atoms with Crippen LogP contribution < -0.4 is 10.2 Å². The molecule has 9 heteroatoms. The number of aliphatic hydroxyl groups excluding tert-OH is 1. The van der Waals surface area contributed by atoms with Gasteiger partial charge in [-0.15, -0.1) is 0 Å². The van der Waals surface area contributed by atoms with Crippen LogP contribution in [0.1, 0.15) is 149 Å². The second-order valence-corrected chi connectivity index (χ2v) is 15.3. The Morgan fingerprint density at radius 3 is 1.81 bits per heavy atom. The number of carbonyl (C=O) groups excluding carboxylic acids is 1. The molecular formula is C38H73N2O6P. The molecule has 0 aromatic heterocycles. The molecule has 276 valence electrons. The summed E-state index contributed by atoms with van der Waals surface area (Å²) in [6.45, 7) is 4.48. The standard InChI is InChI=1S/C38H73N2O6P/c1-6-8-10-12-14-15-16-17-18-19-20-21-22-23-24-26-28-30-32-38(42)39-36(37(41)31-29-27-25-13-11-9-7-2)35-46-47(43,44)45-34-33-40(3,4)5/h11,13,18-19,29,31,36-37,41H,6-10,12,14-17,20-28,30,32-35H2,1-5H3,(H-,39,42,43,44)/b13-11+,19-18-,31-29+. The summed E-state index contributed by atoms with van der Waals surface area (Å²) in [5.41, 5.74) is 0. The van der Waals surface area contributed by atoms with Crippen molar-refractivity contribution in [2.24, 2.45) is 0 Å². The van der Waals surface area contributed by atoms with Crippen LogP contribution in [0, 0.1) is 0 Å². The van der Waals surface area contributed by atoms with Gasteiger partial charge in [0.1, 0.15) is 13.2 Å². The number of allylic oxidation sites excluding steroid dienone is 5. The van der Waals surface area contributed by atoms with Crippen molar-refractivity contribution in [2.45, 2.75) is 161 Å². The highest BCUT2D eigenvalue weighted by molar-refractivity contribution is 7.45. The third-order valence-corrected chi connectivity index (χ3v) is 9.02. The third kappa shape index (κ3) is 33.0. The fourth-order valence-electron chi connectivity index (χ4n) is 4.99. The Labute approximate surface area is 289 Å². The topological polar surface area (TPSA) is 108 Å². The van der Waals surface area contributed by atoms with E-state index in [0.29, 0.717) is 17.4 Å². The molecule has 0 radical (unpaired) electrons. The first-order chi connectivity index (χ1) is 22.5. The number of hydrogen-bond donors (Lipinski definition) is 2. The Bertz CT molecular complexity index is 871. The molecule has 0 aliphatic heterocycles. The molecule has 0 aliphatic carbocycles. The zero-order valence-electron chi connectivity index (χ0n) is 31.0. The Hall–Kier alpha value is -1.28. The maximum Gasteiger partial charge on any atom is 0.268 e. The highest BCUT2D eigenvalue weighted by Crippen LogP contribution is 2.38. The van der Waals surface area contributed by atoms with Crippen LogP contribution in [-0.4, -0.2) is 68.5 Å². The van der Waals surface area contributed by atoms with Gasteiger partial charge >= 0.3 is 0 Å². The first kappa shape index (κ1) is 45.7. The minimum atomic E-state index is -4.58. The summed E-state index contributed by atoms with van der Waals surface area (Å²) in [6, 6.07) is -0.900. The lowest BCUT2D eigenvalue weighted by molar-refractivity contribution is -0.870. The normalized spacial score (nSPS) is 15.1. The van der Waals surface area contributed by atoms with E-state index < -0.39 is 26.6 Å². The maximum absolute atomic E-state index is 12.7. The molecule has 0 saturated heterocycles. The van der Waals surface area contributed by atoms with Gasteiger partial charge in [-0.05, 0) is 51.4 Å². The Morgan fingerprint density at radius 2 is 1.23 bits per heavy atom. The van der Waals surface area contributed by atoms with Gasteiger partial charge in [-0.3, -0.25) is 9.36 Å². The van der Waals surface area contributed by atoms with Crippen LogP contribution in [0.25, 0.3) is 0 Å². The van der Waals surface area contributed by atoms with Gasteiger partial charge in [0.05, 0.1) is 39.9 Å². The monoisotopic (exact) mass is 685 g/mol. The molecule has 0 bridgehead atoms. The molecule has 0 rings (SSSR count). The minimum absolute atomic E-state index is 0.00822. The van der Waals surface area contributed by atoms with Gasteiger partial charge in [0, 0.05) is 6.42 Å². The van der Waals surface area contributed by atoms with E-state index in [4.69, 9.17) is 9.05 Å². The number of nitrogens with zero attached hydrogens (tertiary/aromatic N) is 1. The predicted molar refractivity (Wildman–Crippen MR) is 196 cm³/mol. The largest absolute Gasteiger partial charge is 0.756 e. The number of aliphatic hydroxyl groups is 1. The fourth-order valence-corrected chi connectivity index (χ4v) is 5.71. The highest BCUT2D eigenvalue weighted by Gasteiger charge is 2.23. The number of carbonyl (C=O) groups is 1. The van der Waals surface area contributed by atoms with Crippen molar-refractivity contribution in [3.63, 3.8) is 0 Å². The summed E-state index contributed by atoms with van der Waals surface area (Å²) in [4.78, 5) is 25.0. The second-order valence-electron chi connectivity index (χ2n) is 13.9. The summed E-state index contributed by atoms with van der Waals surface area (Å²) in [7, 11) is 1.23. The molecule has 47 heavy (non-hydrogen) atoms. The zero-order chi connectivity index (χ0) is 35.1. The van der Waals surface area contributed by atoms with Crippen LogP contribution in [0.3, 0.4) is 0 Å². The van der Waals surface area contributed by atoms with Gasteiger partial charge in [-0.1, -0.05) is 127 Å². The van der Waals surface area contributed by atoms with Gasteiger partial charge in [-0.2, -0.15) is 0 Å². The van der Waals surface area contributed by atoms with Crippen LogP contribution in [-0.2, 0) is 18.4 Å². The molecule has 2 N–H and O–H groups in total. The molecule has 3 unspecified atom stereocenters. The summed E-state index contributed by atoms with van der Waals surface area (Å²) in [5.74, 6) is -0.219. The van der Waals surface area contributed by atoms with Crippen LogP contribution in [0.15, 0.2) is 36.5 Å². The number of likely N-dealkylation sites (N-methyl/N-ethyl adjacent to an activating group) is 1. The van der Waals surface area contributed by atoms with Gasteiger partial charge in [0.15, 0.2) is 0 Å². The van der Waals surface area contributed by atoms with Crippen LogP contribution in [0.2, 0.25) is 0 Å². The highest BCUT2D eigenvalue weighted by atomic mass is 31.2. The van der Waals surface area contributed by atoms with Crippen LogP contribution >= 0.6 is 7.82 Å². The molecule has 0 fully saturated rings. The van der Waals surface area contributed by atoms with Crippen molar-refractivity contribution in [1.29, 1.82) is 0 Å². The van der Waals surface area contributed by atoms with E-state index >= 15 is 0 Å². The number of phosphoric ester groups is 1. The minimum Gasteiger partial charge on any atom is -0.756 e. The first-order valence-corrected chi connectivity index (χ1v) is 20.3. The summed E-state index contributed by atoms with van der Waals surface area (Å²) in [5, 5.41) is 13.6. The molecule has 3 atom stereocenters. The number of amides is 1. The number of unbranched alkanes of at least 4 members (excludes halogenated alkanes) is 16. The predicted octanol–water partition coefficient (Wildman–Crippen LogP) is 8.94. The smallest absolute Gasteiger partial charge is 0.268 e. The zero-order valence-corrected chi connectivity index (χ0v) is 31.9. The molecular weight excluding hydrogens is 611 g/mol. The van der Waals surface area contributed by atoms with Crippen molar-refractivity contribution in [3.8, 4) is 0 Å². The molecule has 0 heterocycles. The summed E-state index contributed by atoms with van der Waals surface area (Å²) < 4.78 is 23.0. The third-order valence-electron chi connectivity index (χ3n) is 8.05. The fraction of sp³-hybridized carbons (Fsp3) is 0.816. The molecule has 1 amide bonds. The average molecular weight is 685 g/mol. The Morgan fingerprint density at radius 1 is 0.723 bits per heavy atom. The maximum atomic E-state index is 12.7. The molecule has 8 nitrogen and oxygen atoms in total. The lowest BCUT2D eigenvalue weighted by Crippen LogP contribution is -2.45. The molecule has 0 saturated carbocycles. The van der Waals surface area contributed by atoms with Gasteiger partial charge < -0.3 is 28.8 Å². The van der Waals surface area contributed by atoms with E-state index in [-0.39, 0.29) is 12.5 Å². The van der Waals surface area contributed by atoms with Gasteiger partial charge in [-0.25, -0.2) is 0 Å². The lowest BCUT2D eigenvalue weighted by Gasteiger charge is -2.29. The van der Waals surface area contributed by atoms with Crippen molar-refractivity contribution in [2.75, 3.05) is 40.9 Å². The van der Waals surface area contributed by atoms with E-state index in [0.717, 1.165) is 44.9 Å². The number of hydrogen-bond acceptors (Lipinski definition) is 6. The second kappa shape index (κ2) is 30.8. The van der Waals surface area contributed by atoms with E-state index in [9.17, 15) is 19.4 Å². The molecule has 0 aromatic carbocycles. The van der Waals surface area contributed by atoms with E-state index in [1.807, 2.05) is 27.2 Å². The quantitative estimate of drug-likeness (QED) is 0.0309. The SMILES string of the molecule is CCC/C=C/CC/C=C/C(O)C(COP(=O)([O-])OCC[N+](C)(C)C)NC(=O)CCCCCCCCC/C=C\CCCCCCCCC. The first-order valence-electron chi connectivity index (χ1n) is 18.9. The van der Waals surface area contributed by atoms with E-state index in [1.165, 1.54) is 83.5 Å². The van der Waals surface area contributed by atoms with Gasteiger partial charge in [0.25, 0.3) is 7.82 Å². The molecule has 0 spiro atoms. The number of nitrogens with one attached hydrogen (secondary N) is 1. The number of quaternary nitrogens is 1. The Kier molecular flexibility index (Phi) is 29.9. The van der Waals surface area contributed by atoms with Crippen molar-refractivity contribution < 1.29 is 32.9 Å². The lowest BCUT2D eigenvalue weighted by atomic mass is 10.1. The van der Waals surface area contributed by atoms with Crippen LogP contribution in [0.4, 0.5) is 0 Å². The van der Waals surface area contributed by atoms with Crippen LogP contribution in [0.5, 0.6) is 0 Å². The van der Waals surface area contributed by atoms with Gasteiger partial charge in [0.2, 0.25) is 5.91 Å².